The molecule has 3 N–H and O–H groups in total. The number of fused-ring (bicyclic) bond motifs is 1. The Labute approximate surface area is 190 Å². The quantitative estimate of drug-likeness (QED) is 0.523. The Morgan fingerprint density at radius 3 is 2.48 bits per heavy atom. The summed E-state index contributed by atoms with van der Waals surface area (Å²) in [6.07, 6.45) is 0.951. The molecule has 1 saturated carbocycles. The number of H-pyrrole nitrogens is 1. The van der Waals surface area contributed by atoms with Crippen LogP contribution in [0.25, 0.3) is 0 Å². The van der Waals surface area contributed by atoms with Crippen LogP contribution in [0.5, 0.6) is 12.0 Å². The molecule has 0 spiro atoms. The predicted molar refractivity (Wildman–Crippen MR) is 119 cm³/mol. The first-order chi connectivity index (χ1) is 15.9. The standard InChI is InChI=1S/C22H26N8O3/c1-22(2)16-14(17(29-28-16)24-18-25-19(32-3)27-20(26-18)33-4)11-30(22)21(31)23-15-10-13(15)12-8-6-5-7-9-12/h5-9,13,15H,10-11H2,1-4H3,(H,23,31)(H2,24,25,26,27,28,29)/t13-,15+/m1/s1. The third-order valence-electron chi connectivity index (χ3n) is 6.23. The molecule has 3 heterocycles. The lowest BCUT2D eigenvalue weighted by Crippen LogP contribution is -2.47. The van der Waals surface area contributed by atoms with Crippen molar-refractivity contribution >= 4 is 17.8 Å². The normalized spacial score (nSPS) is 20.2. The fourth-order valence-electron chi connectivity index (χ4n) is 4.29. The van der Waals surface area contributed by atoms with Gasteiger partial charge in [-0.3, -0.25) is 5.10 Å². The smallest absolute Gasteiger partial charge is 0.324 e. The number of anilines is 2. The fraction of sp³-hybridized carbons (Fsp3) is 0.409. The third-order valence-corrected chi connectivity index (χ3v) is 6.23. The Balaban J connectivity index is 1.31. The Morgan fingerprint density at radius 1 is 1.12 bits per heavy atom. The van der Waals surface area contributed by atoms with Gasteiger partial charge in [0.15, 0.2) is 5.82 Å². The number of rotatable bonds is 6. The van der Waals surface area contributed by atoms with Crippen molar-refractivity contribution in [2.45, 2.75) is 44.3 Å². The maximum Gasteiger partial charge on any atom is 0.324 e. The average Bonchev–Trinajstić information content (AvgIpc) is 3.38. The molecule has 172 valence electrons. The number of nitrogens with one attached hydrogen (secondary N) is 3. The van der Waals surface area contributed by atoms with Crippen molar-refractivity contribution in [1.82, 2.24) is 35.4 Å². The fourth-order valence-corrected chi connectivity index (χ4v) is 4.29. The zero-order chi connectivity index (χ0) is 23.2. The summed E-state index contributed by atoms with van der Waals surface area (Å²) in [5.74, 6) is 1.14. The number of hydrogen-bond donors (Lipinski definition) is 3. The van der Waals surface area contributed by atoms with E-state index in [1.165, 1.54) is 19.8 Å². The van der Waals surface area contributed by atoms with Crippen LogP contribution in [0, 0.1) is 0 Å². The topological polar surface area (TPSA) is 130 Å². The molecule has 0 radical (unpaired) electrons. The SMILES string of the molecule is COc1nc(Nc2n[nH]c3c2CN(C(=O)N[C@H]2C[C@@H]2c2ccccc2)C3(C)C)nc(OC)n1. The number of urea groups is 1. The molecule has 2 aromatic heterocycles. The summed E-state index contributed by atoms with van der Waals surface area (Å²) in [6, 6.07) is 10.6. The highest BCUT2D eigenvalue weighted by Crippen LogP contribution is 2.43. The number of aromatic amines is 1. The molecule has 1 aliphatic heterocycles. The van der Waals surface area contributed by atoms with Crippen LogP contribution in [0.3, 0.4) is 0 Å². The highest BCUT2D eigenvalue weighted by Gasteiger charge is 2.46. The molecule has 11 heteroatoms. The molecule has 2 amide bonds. The number of hydrogen-bond acceptors (Lipinski definition) is 8. The second-order valence-electron chi connectivity index (χ2n) is 8.64. The minimum Gasteiger partial charge on any atom is -0.467 e. The second kappa shape index (κ2) is 7.91. The number of benzene rings is 1. The first-order valence-corrected chi connectivity index (χ1v) is 10.7. The summed E-state index contributed by atoms with van der Waals surface area (Å²) in [5.41, 5.74) is 2.44. The minimum atomic E-state index is -0.558. The van der Waals surface area contributed by atoms with E-state index in [4.69, 9.17) is 9.47 Å². The van der Waals surface area contributed by atoms with Crippen molar-refractivity contribution in [1.29, 1.82) is 0 Å². The first kappa shape index (κ1) is 21.0. The van der Waals surface area contributed by atoms with E-state index in [0.717, 1.165) is 17.7 Å². The number of carbonyl (C=O) groups excluding carboxylic acids is 1. The van der Waals surface area contributed by atoms with E-state index < -0.39 is 5.54 Å². The summed E-state index contributed by atoms with van der Waals surface area (Å²) in [6.45, 7) is 4.39. The summed E-state index contributed by atoms with van der Waals surface area (Å²) in [4.78, 5) is 27.4. The van der Waals surface area contributed by atoms with Gasteiger partial charge in [-0.05, 0) is 25.8 Å². The van der Waals surface area contributed by atoms with Gasteiger partial charge in [0.1, 0.15) is 0 Å². The maximum atomic E-state index is 13.2. The third kappa shape index (κ3) is 3.79. The molecule has 5 rings (SSSR count). The molecule has 0 saturated heterocycles. The van der Waals surface area contributed by atoms with E-state index in [2.05, 4.69) is 47.9 Å². The van der Waals surface area contributed by atoms with Crippen molar-refractivity contribution in [3.8, 4) is 12.0 Å². The predicted octanol–water partition coefficient (Wildman–Crippen LogP) is 2.67. The number of nitrogens with zero attached hydrogens (tertiary/aromatic N) is 5. The molecule has 11 nitrogen and oxygen atoms in total. The van der Waals surface area contributed by atoms with Crippen LogP contribution in [0.4, 0.5) is 16.6 Å². The van der Waals surface area contributed by atoms with Crippen LogP contribution in [-0.4, -0.2) is 56.3 Å². The number of aromatic nitrogens is 5. The Kier molecular flexibility index (Phi) is 5.03. The zero-order valence-corrected chi connectivity index (χ0v) is 18.9. The van der Waals surface area contributed by atoms with E-state index in [0.29, 0.717) is 18.3 Å². The molecule has 1 aliphatic carbocycles. The Morgan fingerprint density at radius 2 is 1.82 bits per heavy atom. The summed E-state index contributed by atoms with van der Waals surface area (Å²) in [5, 5.41) is 13.7. The number of ether oxygens (including phenoxy) is 2. The molecule has 2 aliphatic rings. The molecule has 1 aromatic carbocycles. The molecular formula is C22H26N8O3. The van der Waals surface area contributed by atoms with Gasteiger partial charge in [0.2, 0.25) is 5.95 Å². The number of amides is 2. The lowest BCUT2D eigenvalue weighted by Gasteiger charge is -2.32. The van der Waals surface area contributed by atoms with Crippen LogP contribution in [0.15, 0.2) is 30.3 Å². The second-order valence-corrected chi connectivity index (χ2v) is 8.64. The highest BCUT2D eigenvalue weighted by molar-refractivity contribution is 5.78. The summed E-state index contributed by atoms with van der Waals surface area (Å²) >= 11 is 0. The number of carbonyl (C=O) groups is 1. The molecule has 3 aromatic rings. The van der Waals surface area contributed by atoms with Crippen molar-refractivity contribution in [3.63, 3.8) is 0 Å². The first-order valence-electron chi connectivity index (χ1n) is 10.7. The van der Waals surface area contributed by atoms with Gasteiger partial charge in [0.25, 0.3) is 0 Å². The molecule has 2 atom stereocenters. The van der Waals surface area contributed by atoms with E-state index in [1.807, 2.05) is 36.9 Å². The maximum absolute atomic E-state index is 13.2. The van der Waals surface area contributed by atoms with Crippen LogP contribution >= 0.6 is 0 Å². The van der Waals surface area contributed by atoms with E-state index in [-0.39, 0.29) is 30.0 Å². The summed E-state index contributed by atoms with van der Waals surface area (Å²) < 4.78 is 10.2. The van der Waals surface area contributed by atoms with Crippen LogP contribution in [0.2, 0.25) is 0 Å². The van der Waals surface area contributed by atoms with E-state index in [9.17, 15) is 4.79 Å². The van der Waals surface area contributed by atoms with Crippen molar-refractivity contribution in [2.24, 2.45) is 0 Å². The monoisotopic (exact) mass is 450 g/mol. The van der Waals surface area contributed by atoms with Gasteiger partial charge in [-0.15, -0.1) is 4.98 Å². The largest absolute Gasteiger partial charge is 0.467 e. The van der Waals surface area contributed by atoms with Gasteiger partial charge < -0.3 is 25.0 Å². The summed E-state index contributed by atoms with van der Waals surface area (Å²) in [7, 11) is 2.93. The van der Waals surface area contributed by atoms with Gasteiger partial charge in [-0.2, -0.15) is 15.1 Å². The van der Waals surface area contributed by atoms with Gasteiger partial charge >= 0.3 is 18.1 Å². The lowest BCUT2D eigenvalue weighted by atomic mass is 10.0. The lowest BCUT2D eigenvalue weighted by molar-refractivity contribution is 0.142. The molecular weight excluding hydrogens is 424 g/mol. The highest BCUT2D eigenvalue weighted by atomic mass is 16.5. The van der Waals surface area contributed by atoms with Crippen molar-refractivity contribution in [3.05, 3.63) is 47.2 Å². The van der Waals surface area contributed by atoms with E-state index in [1.54, 1.807) is 0 Å². The van der Waals surface area contributed by atoms with Crippen molar-refractivity contribution < 1.29 is 14.3 Å². The van der Waals surface area contributed by atoms with Gasteiger partial charge in [0, 0.05) is 17.5 Å². The average molecular weight is 451 g/mol. The van der Waals surface area contributed by atoms with E-state index >= 15 is 0 Å². The zero-order valence-electron chi connectivity index (χ0n) is 18.9. The molecule has 33 heavy (non-hydrogen) atoms. The molecule has 1 fully saturated rings. The van der Waals surface area contributed by atoms with Gasteiger partial charge in [-0.1, -0.05) is 30.3 Å². The van der Waals surface area contributed by atoms with Crippen molar-refractivity contribution in [2.75, 3.05) is 19.5 Å². The number of methoxy groups -OCH3 is 2. The Hall–Kier alpha value is -3.89. The Bertz CT molecular complexity index is 1160. The van der Waals surface area contributed by atoms with Crippen LogP contribution in [-0.2, 0) is 12.1 Å². The molecule has 0 bridgehead atoms. The van der Waals surface area contributed by atoms with Gasteiger partial charge in [-0.25, -0.2) is 4.79 Å². The van der Waals surface area contributed by atoms with Crippen LogP contribution in [0.1, 0.15) is 43.0 Å². The minimum absolute atomic E-state index is 0.0949. The van der Waals surface area contributed by atoms with Gasteiger partial charge in [0.05, 0.1) is 32.0 Å². The van der Waals surface area contributed by atoms with Crippen LogP contribution < -0.4 is 20.1 Å². The molecule has 0 unspecified atom stereocenters.